The molecule has 17 heavy (non-hydrogen) atoms. The van der Waals surface area contributed by atoms with Crippen LogP contribution in [-0.4, -0.2) is 20.9 Å². The molecule has 4 nitrogen and oxygen atoms in total. The molecule has 3 rings (SSSR count). The quantitative estimate of drug-likeness (QED) is 0.626. The summed E-state index contributed by atoms with van der Waals surface area (Å²) < 4.78 is 1.62. The second-order valence-corrected chi connectivity index (χ2v) is 3.69. The summed E-state index contributed by atoms with van der Waals surface area (Å²) in [5.41, 5.74) is 3.13. The molecule has 82 valence electrons. The smallest absolute Gasteiger partial charge is 0.165 e. The van der Waals surface area contributed by atoms with E-state index in [2.05, 4.69) is 10.1 Å². The Labute approximate surface area is 97.5 Å². The molecule has 0 N–H and O–H groups in total. The number of nitrogens with zero attached hydrogens (tertiary/aromatic N) is 3. The van der Waals surface area contributed by atoms with Gasteiger partial charge in [0.1, 0.15) is 0 Å². The van der Waals surface area contributed by atoms with Crippen LogP contribution in [0, 0.1) is 0 Å². The molecule has 0 aliphatic carbocycles. The Kier molecular flexibility index (Phi) is 2.19. The molecule has 2 aromatic heterocycles. The topological polar surface area (TPSA) is 47.3 Å². The summed E-state index contributed by atoms with van der Waals surface area (Å²) >= 11 is 0. The van der Waals surface area contributed by atoms with Gasteiger partial charge in [-0.05, 0) is 5.56 Å². The van der Waals surface area contributed by atoms with Gasteiger partial charge >= 0.3 is 0 Å². The molecule has 1 aromatic carbocycles. The van der Waals surface area contributed by atoms with Crippen LogP contribution in [-0.2, 0) is 0 Å². The first kappa shape index (κ1) is 9.72. The standard InChI is InChI=1S/C13H9N3O/c17-9-12-7-15-16-8-11(6-14-13(12)16)10-4-2-1-3-5-10/h1-9H. The number of hydrogen-bond donors (Lipinski definition) is 0. The van der Waals surface area contributed by atoms with E-state index in [4.69, 9.17) is 0 Å². The summed E-state index contributed by atoms with van der Waals surface area (Å²) in [5.74, 6) is 0. The van der Waals surface area contributed by atoms with Crippen molar-refractivity contribution in [2.24, 2.45) is 0 Å². The van der Waals surface area contributed by atoms with Crippen LogP contribution in [0.2, 0.25) is 0 Å². The van der Waals surface area contributed by atoms with Crippen molar-refractivity contribution in [2.75, 3.05) is 0 Å². The number of hydrogen-bond acceptors (Lipinski definition) is 3. The van der Waals surface area contributed by atoms with Gasteiger partial charge in [-0.15, -0.1) is 0 Å². The van der Waals surface area contributed by atoms with Crippen LogP contribution in [0.4, 0.5) is 0 Å². The summed E-state index contributed by atoms with van der Waals surface area (Å²) in [6.45, 7) is 0. The molecule has 0 atom stereocenters. The molecule has 0 spiro atoms. The van der Waals surface area contributed by atoms with Crippen molar-refractivity contribution in [1.29, 1.82) is 0 Å². The number of benzene rings is 1. The average molecular weight is 223 g/mol. The predicted octanol–water partition coefficient (Wildman–Crippen LogP) is 2.21. The minimum atomic E-state index is 0.504. The van der Waals surface area contributed by atoms with Crippen molar-refractivity contribution in [3.05, 3.63) is 54.5 Å². The van der Waals surface area contributed by atoms with Crippen molar-refractivity contribution in [3.8, 4) is 11.1 Å². The Morgan fingerprint density at radius 1 is 1.06 bits per heavy atom. The largest absolute Gasteiger partial charge is 0.298 e. The highest BCUT2D eigenvalue weighted by atomic mass is 16.1. The third kappa shape index (κ3) is 1.59. The van der Waals surface area contributed by atoms with E-state index in [1.165, 1.54) is 6.20 Å². The van der Waals surface area contributed by atoms with Gasteiger partial charge in [0.25, 0.3) is 0 Å². The first-order valence-corrected chi connectivity index (χ1v) is 5.22. The Hall–Kier alpha value is -2.49. The number of aldehydes is 1. The molecular formula is C13H9N3O. The van der Waals surface area contributed by atoms with Crippen LogP contribution in [0.25, 0.3) is 16.8 Å². The SMILES string of the molecule is O=Cc1cnn2cc(-c3ccccc3)cnc12. The highest BCUT2D eigenvalue weighted by Gasteiger charge is 2.05. The van der Waals surface area contributed by atoms with E-state index >= 15 is 0 Å². The second-order valence-electron chi connectivity index (χ2n) is 3.69. The van der Waals surface area contributed by atoms with Crippen molar-refractivity contribution in [1.82, 2.24) is 14.6 Å². The van der Waals surface area contributed by atoms with Gasteiger partial charge in [0.15, 0.2) is 11.9 Å². The van der Waals surface area contributed by atoms with Crippen LogP contribution >= 0.6 is 0 Å². The van der Waals surface area contributed by atoms with Crippen molar-refractivity contribution in [2.45, 2.75) is 0 Å². The zero-order valence-corrected chi connectivity index (χ0v) is 8.95. The normalized spacial score (nSPS) is 10.6. The highest BCUT2D eigenvalue weighted by molar-refractivity contribution is 5.83. The number of fused-ring (bicyclic) bond motifs is 1. The minimum Gasteiger partial charge on any atom is -0.298 e. The number of carbonyl (C=O) groups excluding carboxylic acids is 1. The van der Waals surface area contributed by atoms with Crippen LogP contribution in [0.15, 0.2) is 48.9 Å². The first-order chi connectivity index (χ1) is 8.38. The second kappa shape index (κ2) is 3.83. The fourth-order valence-corrected chi connectivity index (χ4v) is 1.76. The number of carbonyl (C=O) groups is 1. The van der Waals surface area contributed by atoms with Crippen LogP contribution in [0.3, 0.4) is 0 Å². The molecule has 0 unspecified atom stereocenters. The Balaban J connectivity index is 2.18. The predicted molar refractivity (Wildman–Crippen MR) is 63.8 cm³/mol. The fraction of sp³-hybridized carbons (Fsp3) is 0. The van der Waals surface area contributed by atoms with E-state index in [1.54, 1.807) is 10.7 Å². The van der Waals surface area contributed by atoms with Crippen molar-refractivity contribution in [3.63, 3.8) is 0 Å². The lowest BCUT2D eigenvalue weighted by Crippen LogP contribution is -1.92. The monoisotopic (exact) mass is 223 g/mol. The van der Waals surface area contributed by atoms with Gasteiger partial charge in [0.2, 0.25) is 0 Å². The summed E-state index contributed by atoms with van der Waals surface area (Å²) in [5, 5.41) is 4.10. The van der Waals surface area contributed by atoms with Gasteiger partial charge < -0.3 is 0 Å². The molecule has 0 fully saturated rings. The van der Waals surface area contributed by atoms with E-state index < -0.39 is 0 Å². The van der Waals surface area contributed by atoms with Crippen LogP contribution in [0.1, 0.15) is 10.4 Å². The maximum atomic E-state index is 10.7. The summed E-state index contributed by atoms with van der Waals surface area (Å²) in [6, 6.07) is 9.92. The highest BCUT2D eigenvalue weighted by Crippen LogP contribution is 2.18. The Morgan fingerprint density at radius 2 is 1.88 bits per heavy atom. The average Bonchev–Trinajstić information content (AvgIpc) is 2.81. The van der Waals surface area contributed by atoms with E-state index in [0.717, 1.165) is 17.4 Å². The van der Waals surface area contributed by atoms with E-state index in [0.29, 0.717) is 11.2 Å². The number of rotatable bonds is 2. The lowest BCUT2D eigenvalue weighted by atomic mass is 10.1. The maximum absolute atomic E-state index is 10.7. The molecule has 2 heterocycles. The van der Waals surface area contributed by atoms with Gasteiger partial charge in [-0.2, -0.15) is 5.10 Å². The van der Waals surface area contributed by atoms with Gasteiger partial charge in [-0.3, -0.25) is 4.79 Å². The maximum Gasteiger partial charge on any atom is 0.165 e. The molecule has 0 radical (unpaired) electrons. The molecule has 0 saturated carbocycles. The first-order valence-electron chi connectivity index (χ1n) is 5.22. The number of aromatic nitrogens is 3. The molecule has 0 amide bonds. The molecule has 3 aromatic rings. The van der Waals surface area contributed by atoms with Crippen molar-refractivity contribution >= 4 is 11.9 Å². The summed E-state index contributed by atoms with van der Waals surface area (Å²) in [7, 11) is 0. The third-order valence-corrected chi connectivity index (χ3v) is 2.62. The Morgan fingerprint density at radius 3 is 2.65 bits per heavy atom. The van der Waals surface area contributed by atoms with Gasteiger partial charge in [-0.1, -0.05) is 30.3 Å². The van der Waals surface area contributed by atoms with E-state index in [-0.39, 0.29) is 0 Å². The van der Waals surface area contributed by atoms with E-state index in [9.17, 15) is 4.79 Å². The van der Waals surface area contributed by atoms with Crippen LogP contribution < -0.4 is 0 Å². The third-order valence-electron chi connectivity index (χ3n) is 2.62. The molecular weight excluding hydrogens is 214 g/mol. The van der Waals surface area contributed by atoms with Crippen LogP contribution in [0.5, 0.6) is 0 Å². The van der Waals surface area contributed by atoms with Gasteiger partial charge in [0, 0.05) is 18.0 Å². The van der Waals surface area contributed by atoms with Crippen molar-refractivity contribution < 1.29 is 4.79 Å². The molecule has 4 heteroatoms. The zero-order chi connectivity index (χ0) is 11.7. The lowest BCUT2D eigenvalue weighted by Gasteiger charge is -2.01. The molecule has 0 aliphatic rings. The lowest BCUT2D eigenvalue weighted by molar-refractivity contribution is 0.112. The Bertz CT molecular complexity index is 673. The molecule has 0 saturated heterocycles. The molecule has 0 aliphatic heterocycles. The van der Waals surface area contributed by atoms with Gasteiger partial charge in [-0.25, -0.2) is 9.50 Å². The fourth-order valence-electron chi connectivity index (χ4n) is 1.76. The minimum absolute atomic E-state index is 0.504. The summed E-state index contributed by atoms with van der Waals surface area (Å²) in [6.07, 6.45) is 5.89. The van der Waals surface area contributed by atoms with Gasteiger partial charge in [0.05, 0.1) is 11.8 Å². The summed E-state index contributed by atoms with van der Waals surface area (Å²) in [4.78, 5) is 15.0. The van der Waals surface area contributed by atoms with E-state index in [1.807, 2.05) is 36.5 Å². The molecule has 0 bridgehead atoms. The zero-order valence-electron chi connectivity index (χ0n) is 8.95.